The van der Waals surface area contributed by atoms with Crippen molar-refractivity contribution >= 4 is 33.8 Å². The molecular formula is C31H36N4O4. The molecule has 0 radical (unpaired) electrons. The fourth-order valence-electron chi connectivity index (χ4n) is 5.19. The lowest BCUT2D eigenvalue weighted by atomic mass is 10.0. The van der Waals surface area contributed by atoms with Crippen LogP contribution in [0, 0.1) is 0 Å². The average molecular weight is 529 g/mol. The van der Waals surface area contributed by atoms with Crippen molar-refractivity contribution in [2.75, 3.05) is 19.8 Å². The monoisotopic (exact) mass is 528 g/mol. The number of hydrogen-bond acceptors (Lipinski definition) is 6. The van der Waals surface area contributed by atoms with Crippen molar-refractivity contribution in [2.24, 2.45) is 0 Å². The van der Waals surface area contributed by atoms with Crippen molar-refractivity contribution in [3.63, 3.8) is 0 Å². The van der Waals surface area contributed by atoms with Crippen LogP contribution in [0.15, 0.2) is 48.7 Å². The van der Waals surface area contributed by atoms with Gasteiger partial charge >= 0.3 is 0 Å². The number of imidazole rings is 1. The molecule has 2 aromatic heterocycles. The number of ether oxygens (including phenoxy) is 2. The Morgan fingerprint density at radius 3 is 2.41 bits per heavy atom. The number of carbonyl (C=O) groups excluding carboxylic acids is 2. The van der Waals surface area contributed by atoms with Crippen molar-refractivity contribution < 1.29 is 19.1 Å². The van der Waals surface area contributed by atoms with Crippen LogP contribution in [-0.4, -0.2) is 57.1 Å². The first-order chi connectivity index (χ1) is 19.0. The van der Waals surface area contributed by atoms with Crippen molar-refractivity contribution in [3.8, 4) is 0 Å². The molecule has 2 amide bonds. The van der Waals surface area contributed by atoms with Gasteiger partial charge in [-0.25, -0.2) is 4.98 Å². The Kier molecular flexibility index (Phi) is 8.33. The van der Waals surface area contributed by atoms with E-state index < -0.39 is 0 Å². The van der Waals surface area contributed by atoms with Gasteiger partial charge in [-0.2, -0.15) is 0 Å². The maximum Gasteiger partial charge on any atom is 0.261 e. The third-order valence-corrected chi connectivity index (χ3v) is 7.10. The lowest BCUT2D eigenvalue weighted by molar-refractivity contribution is 0.0651. The molecule has 0 bridgehead atoms. The third kappa shape index (κ3) is 5.72. The molecule has 204 valence electrons. The zero-order valence-corrected chi connectivity index (χ0v) is 23.0. The molecule has 0 N–H and O–H groups in total. The van der Waals surface area contributed by atoms with Crippen LogP contribution in [0.1, 0.15) is 72.1 Å². The summed E-state index contributed by atoms with van der Waals surface area (Å²) in [4.78, 5) is 36.1. The number of aryl methyl sites for hydroxylation is 2. The van der Waals surface area contributed by atoms with E-state index in [0.29, 0.717) is 37.5 Å². The molecule has 4 aromatic rings. The molecule has 5 rings (SSSR count). The van der Waals surface area contributed by atoms with E-state index in [1.54, 1.807) is 24.3 Å². The number of amides is 2. The summed E-state index contributed by atoms with van der Waals surface area (Å²) in [6, 6.07) is 13.5. The smallest absolute Gasteiger partial charge is 0.261 e. The highest BCUT2D eigenvalue weighted by Crippen LogP contribution is 2.27. The zero-order valence-electron chi connectivity index (χ0n) is 23.0. The Labute approximate surface area is 228 Å². The van der Waals surface area contributed by atoms with Crippen molar-refractivity contribution in [1.82, 2.24) is 19.4 Å². The number of hydrogen-bond donors (Lipinski definition) is 0. The Balaban J connectivity index is 1.28. The zero-order chi connectivity index (χ0) is 27.4. The largest absolute Gasteiger partial charge is 0.379 e. The van der Waals surface area contributed by atoms with E-state index in [4.69, 9.17) is 19.4 Å². The van der Waals surface area contributed by atoms with Gasteiger partial charge in [-0.05, 0) is 70.2 Å². The van der Waals surface area contributed by atoms with Gasteiger partial charge in [-0.3, -0.25) is 19.5 Å². The van der Waals surface area contributed by atoms with Crippen LogP contribution in [0.2, 0.25) is 0 Å². The topological polar surface area (TPSA) is 86.6 Å². The Morgan fingerprint density at radius 2 is 1.69 bits per heavy atom. The van der Waals surface area contributed by atoms with Gasteiger partial charge in [0, 0.05) is 31.7 Å². The molecule has 0 spiro atoms. The van der Waals surface area contributed by atoms with Crippen LogP contribution < -0.4 is 0 Å². The van der Waals surface area contributed by atoms with Crippen LogP contribution in [0.4, 0.5) is 0 Å². The number of unbranched alkanes of at least 4 members (excludes halogenated alkanes) is 1. The molecule has 1 aliphatic rings. The number of imide groups is 1. The quantitative estimate of drug-likeness (QED) is 0.167. The van der Waals surface area contributed by atoms with Crippen molar-refractivity contribution in [2.45, 2.75) is 65.7 Å². The molecule has 0 aliphatic carbocycles. The Hall–Kier alpha value is -3.62. The molecular weight excluding hydrogens is 492 g/mol. The molecule has 2 aromatic carbocycles. The number of carbonyl (C=O) groups is 2. The van der Waals surface area contributed by atoms with E-state index in [-0.39, 0.29) is 17.9 Å². The second-order valence-electron chi connectivity index (χ2n) is 10.2. The first-order valence-corrected chi connectivity index (χ1v) is 13.9. The summed E-state index contributed by atoms with van der Waals surface area (Å²) in [6.45, 7) is 9.10. The Morgan fingerprint density at radius 1 is 0.923 bits per heavy atom. The standard InChI is InChI=1S/C31H36N4O4/c1-4-38-20-28-33-27-19-32-26-18-22(13-14-25(26)29(27)34(28)16-9-17-39-21(2)3)10-7-8-15-35-30(36)23-11-5-6-12-24(23)31(35)37/h5-6,11-14,18-19,21H,4,7-10,15-17,20H2,1-3H3. The summed E-state index contributed by atoms with van der Waals surface area (Å²) in [5.41, 5.74) is 5.08. The van der Waals surface area contributed by atoms with E-state index in [1.165, 1.54) is 10.5 Å². The molecule has 8 nitrogen and oxygen atoms in total. The predicted octanol–water partition coefficient (Wildman–Crippen LogP) is 5.56. The molecule has 1 aliphatic heterocycles. The van der Waals surface area contributed by atoms with Gasteiger partial charge < -0.3 is 14.0 Å². The van der Waals surface area contributed by atoms with Crippen LogP contribution >= 0.6 is 0 Å². The molecule has 0 saturated heterocycles. The number of aromatic nitrogens is 3. The summed E-state index contributed by atoms with van der Waals surface area (Å²) in [7, 11) is 0. The molecule has 0 atom stereocenters. The SMILES string of the molecule is CCOCc1nc2cnc3cc(CCCCN4C(=O)c5ccccc5C4=O)ccc3c2n1CCCOC(C)C. The first kappa shape index (κ1) is 27.0. The van der Waals surface area contributed by atoms with E-state index in [1.807, 2.05) is 13.1 Å². The molecule has 0 saturated carbocycles. The van der Waals surface area contributed by atoms with E-state index in [9.17, 15) is 9.59 Å². The second kappa shape index (κ2) is 12.1. The van der Waals surface area contributed by atoms with Gasteiger partial charge in [0.05, 0.1) is 34.5 Å². The summed E-state index contributed by atoms with van der Waals surface area (Å²) in [5.74, 6) is 0.527. The van der Waals surface area contributed by atoms with Gasteiger partial charge in [-0.1, -0.05) is 24.3 Å². The van der Waals surface area contributed by atoms with Crippen LogP contribution in [0.3, 0.4) is 0 Å². The summed E-state index contributed by atoms with van der Waals surface area (Å²) >= 11 is 0. The Bertz CT molecular complexity index is 1460. The molecule has 8 heteroatoms. The minimum Gasteiger partial charge on any atom is -0.379 e. The fourth-order valence-corrected chi connectivity index (χ4v) is 5.19. The van der Waals surface area contributed by atoms with Crippen LogP contribution in [0.25, 0.3) is 21.9 Å². The highest BCUT2D eigenvalue weighted by atomic mass is 16.5. The lowest BCUT2D eigenvalue weighted by Gasteiger charge is -2.14. The van der Waals surface area contributed by atoms with Crippen LogP contribution in [0.5, 0.6) is 0 Å². The summed E-state index contributed by atoms with van der Waals surface area (Å²) in [5, 5.41) is 1.07. The minimum atomic E-state index is -0.189. The number of rotatable bonds is 13. The van der Waals surface area contributed by atoms with Crippen molar-refractivity contribution in [1.29, 1.82) is 0 Å². The maximum atomic E-state index is 12.6. The fraction of sp³-hybridized carbons (Fsp3) is 0.419. The molecule has 0 unspecified atom stereocenters. The number of benzene rings is 2. The van der Waals surface area contributed by atoms with E-state index >= 15 is 0 Å². The second-order valence-corrected chi connectivity index (χ2v) is 10.2. The van der Waals surface area contributed by atoms with Crippen LogP contribution in [-0.2, 0) is 29.0 Å². The highest BCUT2D eigenvalue weighted by Gasteiger charge is 2.34. The van der Waals surface area contributed by atoms with Gasteiger partial charge in [0.15, 0.2) is 0 Å². The number of fused-ring (bicyclic) bond motifs is 4. The third-order valence-electron chi connectivity index (χ3n) is 7.10. The first-order valence-electron chi connectivity index (χ1n) is 13.9. The highest BCUT2D eigenvalue weighted by molar-refractivity contribution is 6.21. The maximum absolute atomic E-state index is 12.6. The van der Waals surface area contributed by atoms with E-state index in [2.05, 4.69) is 36.6 Å². The number of nitrogens with zero attached hydrogens (tertiary/aromatic N) is 4. The van der Waals surface area contributed by atoms with Gasteiger partial charge in [0.25, 0.3) is 11.8 Å². The summed E-state index contributed by atoms with van der Waals surface area (Å²) in [6.07, 6.45) is 5.41. The lowest BCUT2D eigenvalue weighted by Crippen LogP contribution is -2.30. The van der Waals surface area contributed by atoms with Gasteiger partial charge in [0.2, 0.25) is 0 Å². The normalized spacial score (nSPS) is 13.4. The van der Waals surface area contributed by atoms with Gasteiger partial charge in [-0.15, -0.1) is 0 Å². The van der Waals surface area contributed by atoms with Gasteiger partial charge in [0.1, 0.15) is 17.9 Å². The van der Waals surface area contributed by atoms with Crippen molar-refractivity contribution in [3.05, 3.63) is 71.2 Å². The molecule has 39 heavy (non-hydrogen) atoms. The number of pyridine rings is 1. The molecule has 0 fully saturated rings. The minimum absolute atomic E-state index is 0.189. The molecule has 3 heterocycles. The predicted molar refractivity (Wildman–Crippen MR) is 151 cm³/mol. The van der Waals surface area contributed by atoms with E-state index in [0.717, 1.165) is 60.0 Å². The average Bonchev–Trinajstić information content (AvgIpc) is 3.42. The summed E-state index contributed by atoms with van der Waals surface area (Å²) < 4.78 is 13.7.